The molecule has 278 valence electrons. The van der Waals surface area contributed by atoms with Crippen molar-refractivity contribution < 1.29 is 89.7 Å². The monoisotopic (exact) mass is 792 g/mol. The van der Waals surface area contributed by atoms with Crippen LogP contribution >= 0.6 is 31.3 Å². The van der Waals surface area contributed by atoms with E-state index in [9.17, 15) is 77.4 Å². The minimum atomic E-state index is -6.25. The van der Waals surface area contributed by atoms with Gasteiger partial charge in [-0.05, 0) is 0 Å². The number of aromatic amines is 2. The number of H-pyrrole nitrogens is 2. The van der Waals surface area contributed by atoms with Crippen LogP contribution in [-0.4, -0.2) is 110 Å². The molecule has 2 aromatic rings. The number of phosphoric ester groups is 2. The molecule has 3 heterocycles. The molecule has 27 nitrogen and oxygen atoms in total. The van der Waals surface area contributed by atoms with Crippen molar-refractivity contribution in [3.05, 3.63) is 66.2 Å². The van der Waals surface area contributed by atoms with E-state index in [0.29, 0.717) is 9.13 Å². The minimum Gasteiger partial charge on any atom is -0.387 e. The summed E-state index contributed by atoms with van der Waals surface area (Å²) in [5.41, 5.74) is -3.93. The first-order valence-electron chi connectivity index (χ1n) is 12.7. The lowest BCUT2D eigenvalue weighted by atomic mass is 10.1. The molecule has 3 rings (SSSR count). The predicted octanol–water partition coefficient (Wildman–Crippen LogP) is -3.94. The van der Waals surface area contributed by atoms with Crippen molar-refractivity contribution in [1.29, 1.82) is 0 Å². The molecule has 0 aromatic carbocycles. The van der Waals surface area contributed by atoms with Gasteiger partial charge < -0.3 is 49.5 Å². The number of methoxy groups -OCH3 is 1. The number of nitrogens with one attached hydrogen (secondary N) is 2. The Bertz CT molecular complexity index is 1860. The van der Waals surface area contributed by atoms with Crippen molar-refractivity contribution in [2.24, 2.45) is 0 Å². The summed E-state index contributed by atoms with van der Waals surface area (Å²) in [7, 11) is -23.3. The first-order valence-corrected chi connectivity index (χ1v) is 18.7. The zero-order valence-corrected chi connectivity index (χ0v) is 27.7. The number of phosphoric acid groups is 4. The minimum absolute atomic E-state index is 0.422. The van der Waals surface area contributed by atoms with Crippen LogP contribution in [0.5, 0.6) is 0 Å². The third kappa shape index (κ3) is 11.3. The number of aromatic nitrogens is 4. The maximum atomic E-state index is 12.2. The number of hydrogen-bond donors (Lipinski definition) is 10. The maximum Gasteiger partial charge on any atom is 0.490 e. The van der Waals surface area contributed by atoms with Gasteiger partial charge in [-0.2, -0.15) is 12.9 Å². The van der Waals surface area contributed by atoms with Gasteiger partial charge in [-0.1, -0.05) is 0 Å². The summed E-state index contributed by atoms with van der Waals surface area (Å²) in [5.74, 6) is 0. The fraction of sp³-hybridized carbons (Fsp3) is 0.556. The second-order valence-electron chi connectivity index (χ2n) is 9.47. The quantitative estimate of drug-likeness (QED) is 0.0683. The summed E-state index contributed by atoms with van der Waals surface area (Å²) in [4.78, 5) is 88.8. The summed E-state index contributed by atoms with van der Waals surface area (Å²) in [6, 6.07) is 1.66. The van der Waals surface area contributed by atoms with Crippen molar-refractivity contribution >= 4 is 31.3 Å². The number of aliphatic hydroxyl groups excluding tert-OH is 4. The molecule has 0 spiro atoms. The van der Waals surface area contributed by atoms with E-state index in [2.05, 4.69) is 22.0 Å². The molecule has 10 N–H and O–H groups in total. The third-order valence-electron chi connectivity index (χ3n) is 6.01. The van der Waals surface area contributed by atoms with Crippen LogP contribution in [0.15, 0.2) is 43.7 Å². The van der Waals surface area contributed by atoms with Crippen molar-refractivity contribution in [2.75, 3.05) is 20.3 Å². The molecule has 1 saturated heterocycles. The van der Waals surface area contributed by atoms with E-state index in [1.54, 1.807) is 4.98 Å². The van der Waals surface area contributed by atoms with Crippen LogP contribution in [0.3, 0.4) is 0 Å². The molecule has 31 heteroatoms. The molecule has 1 aliphatic heterocycles. The molecule has 4 unspecified atom stereocenters. The number of nitrogens with zero attached hydrogens (tertiary/aromatic N) is 2. The maximum absolute atomic E-state index is 12.2. The van der Waals surface area contributed by atoms with Crippen LogP contribution in [0, 0.1) is 0 Å². The highest BCUT2D eigenvalue weighted by molar-refractivity contribution is 7.69. The van der Waals surface area contributed by atoms with Gasteiger partial charge in [-0.15, -0.1) is 0 Å². The lowest BCUT2D eigenvalue weighted by Crippen LogP contribution is -2.43. The Kier molecular flexibility index (Phi) is 13.4. The van der Waals surface area contributed by atoms with Crippen LogP contribution in [0.1, 0.15) is 12.5 Å². The highest BCUT2D eigenvalue weighted by Gasteiger charge is 2.48. The van der Waals surface area contributed by atoms with Crippen LogP contribution in [0.2, 0.25) is 0 Å². The Morgan fingerprint density at radius 2 is 1.31 bits per heavy atom. The Hall–Kier alpha value is -2.32. The van der Waals surface area contributed by atoms with Crippen LogP contribution in [0.4, 0.5) is 0 Å². The number of aliphatic hydroxyl groups is 4. The largest absolute Gasteiger partial charge is 0.490 e. The molecule has 2 aromatic heterocycles. The molecule has 1 aliphatic rings. The number of rotatable bonds is 17. The smallest absolute Gasteiger partial charge is 0.387 e. The van der Waals surface area contributed by atoms with Gasteiger partial charge >= 0.3 is 42.7 Å². The van der Waals surface area contributed by atoms with Gasteiger partial charge in [0.15, 0.2) is 12.5 Å². The lowest BCUT2D eigenvalue weighted by molar-refractivity contribution is -0.117. The Balaban J connectivity index is 1.57. The van der Waals surface area contributed by atoms with Crippen molar-refractivity contribution in [2.45, 2.75) is 43.0 Å². The molecule has 0 amide bonds. The van der Waals surface area contributed by atoms with E-state index >= 15 is 0 Å². The van der Waals surface area contributed by atoms with Crippen molar-refractivity contribution in [1.82, 2.24) is 19.1 Å². The molecule has 0 radical (unpaired) electrons. The predicted molar refractivity (Wildman–Crippen MR) is 151 cm³/mol. The van der Waals surface area contributed by atoms with Gasteiger partial charge in [-0.3, -0.25) is 37.7 Å². The van der Waals surface area contributed by atoms with Gasteiger partial charge in [0.1, 0.15) is 30.5 Å². The molecule has 0 saturated carbocycles. The highest BCUT2D eigenvalue weighted by Crippen LogP contribution is 2.71. The van der Waals surface area contributed by atoms with Gasteiger partial charge in [0.05, 0.1) is 13.2 Å². The van der Waals surface area contributed by atoms with E-state index in [4.69, 9.17) is 9.47 Å². The number of ether oxygens (including phenoxy) is 2. The van der Waals surface area contributed by atoms with E-state index in [1.165, 1.54) is 0 Å². The zero-order chi connectivity index (χ0) is 37.1. The van der Waals surface area contributed by atoms with Gasteiger partial charge in [0, 0.05) is 31.6 Å². The zero-order valence-electron chi connectivity index (χ0n) is 24.1. The first-order chi connectivity index (χ1) is 22.5. The third-order valence-corrected chi connectivity index (χ3v) is 11.9. The summed E-state index contributed by atoms with van der Waals surface area (Å²) >= 11 is 0. The lowest BCUT2D eigenvalue weighted by Gasteiger charge is -2.27. The first kappa shape index (κ1) is 41.1. The average Bonchev–Trinajstić information content (AvgIpc) is 3.22. The van der Waals surface area contributed by atoms with Crippen LogP contribution < -0.4 is 22.5 Å². The van der Waals surface area contributed by atoms with Crippen LogP contribution in [-0.2, 0) is 49.7 Å². The van der Waals surface area contributed by atoms with Crippen LogP contribution in [0.25, 0.3) is 0 Å². The normalized spacial score (nSPS) is 26.5. The molecule has 0 aliphatic carbocycles. The summed E-state index contributed by atoms with van der Waals surface area (Å²) in [6.45, 7) is -2.47. The summed E-state index contributed by atoms with van der Waals surface area (Å²) in [5, 5.41) is 40.8. The topological polar surface area (TPSA) is 404 Å². The Labute approximate surface area is 269 Å². The van der Waals surface area contributed by atoms with E-state index in [-0.39, 0.29) is 0 Å². The summed E-state index contributed by atoms with van der Waals surface area (Å²) in [6.07, 6.45) is -11.7. The van der Waals surface area contributed by atoms with Crippen molar-refractivity contribution in [3.8, 4) is 0 Å². The summed E-state index contributed by atoms with van der Waals surface area (Å²) < 4.78 is 79.8. The Morgan fingerprint density at radius 3 is 1.84 bits per heavy atom. The standard InChI is InChI=1S/C18H28N4O23P4/c1-39-8(13(26)15(28)21-4-2-10(23)19-17(21)29)6-40-46(31,32)43-48(35,36)45-49(37,38)44-47(33,34)41-7-9-12(25)14(27)16(42-9)22-5-3-11(24)20-18(22)30/h2-5,8-9,12-16,25-28H,6-7H2,1H3,(H,31,32)(H,33,34)(H,35,36)(H,37,38)(H,19,23,29)(H,20,24,30)/t8-,9-,12-,13-,14-,15-,16-/m1/s1. The highest BCUT2D eigenvalue weighted by atomic mass is 31.3. The van der Waals surface area contributed by atoms with E-state index < -0.39 is 110 Å². The van der Waals surface area contributed by atoms with Gasteiger partial charge in [0.2, 0.25) is 0 Å². The van der Waals surface area contributed by atoms with E-state index in [0.717, 1.165) is 31.6 Å². The average molecular weight is 792 g/mol. The fourth-order valence-corrected chi connectivity index (χ4v) is 8.78. The second kappa shape index (κ2) is 15.9. The molecule has 1 fully saturated rings. The molecule has 49 heavy (non-hydrogen) atoms. The molecular formula is C18H28N4O23P4. The van der Waals surface area contributed by atoms with Gasteiger partial charge in [0.25, 0.3) is 11.1 Å². The van der Waals surface area contributed by atoms with Crippen molar-refractivity contribution in [3.63, 3.8) is 0 Å². The fourth-order valence-electron chi connectivity index (χ4n) is 3.83. The van der Waals surface area contributed by atoms with E-state index in [1.807, 2.05) is 4.98 Å². The Morgan fingerprint density at radius 1 is 0.796 bits per heavy atom. The second-order valence-corrected chi connectivity index (χ2v) is 15.7. The number of hydrogen-bond acceptors (Lipinski definition) is 19. The molecule has 0 bridgehead atoms. The molecular weight excluding hydrogens is 764 g/mol. The van der Waals surface area contributed by atoms with Gasteiger partial charge in [-0.25, -0.2) is 27.8 Å². The molecule has 11 atom stereocenters. The SMILES string of the molecule is CO[C@H](COP(=O)(O)OP(=O)(O)OP(=O)(O)OP(=O)(O)OC[C@H]1O[C@@H](n2ccc(=O)[nH]c2=O)[C@H](O)[C@@H]1O)[C@@H](O)[C@@H](O)n1ccc(=O)[nH]c1=O.